The second-order valence-electron chi connectivity index (χ2n) is 4.96. The maximum Gasteiger partial charge on any atom is 0.227 e. The number of nitrogens with one attached hydrogen (secondary N) is 2. The molecule has 0 aliphatic carbocycles. The van der Waals surface area contributed by atoms with E-state index in [2.05, 4.69) is 21.7 Å². The minimum Gasteiger partial charge on any atom is -0.355 e. The van der Waals surface area contributed by atoms with Crippen molar-refractivity contribution in [2.75, 3.05) is 19.6 Å². The summed E-state index contributed by atoms with van der Waals surface area (Å²) in [6, 6.07) is 4.04. The Kier molecular flexibility index (Phi) is 2.59. The summed E-state index contributed by atoms with van der Waals surface area (Å²) in [6.07, 6.45) is 5.54. The molecule has 0 unspecified atom stereocenters. The van der Waals surface area contributed by atoms with E-state index >= 15 is 0 Å². The highest BCUT2D eigenvalue weighted by Gasteiger charge is 2.50. The van der Waals surface area contributed by atoms with E-state index in [1.165, 1.54) is 5.56 Å². The van der Waals surface area contributed by atoms with Crippen molar-refractivity contribution in [1.29, 1.82) is 0 Å². The number of nitrogens with zero attached hydrogens (tertiary/aromatic N) is 1. The first-order chi connectivity index (χ1) is 8.33. The smallest absolute Gasteiger partial charge is 0.227 e. The highest BCUT2D eigenvalue weighted by Crippen LogP contribution is 2.46. The van der Waals surface area contributed by atoms with E-state index in [0.29, 0.717) is 0 Å². The third-order valence-corrected chi connectivity index (χ3v) is 4.17. The van der Waals surface area contributed by atoms with E-state index in [-0.39, 0.29) is 17.2 Å². The molecule has 0 saturated carbocycles. The Morgan fingerprint density at radius 2 is 2.18 bits per heavy atom. The molecule has 1 aromatic heterocycles. The Balaban J connectivity index is 1.96. The van der Waals surface area contributed by atoms with Gasteiger partial charge < -0.3 is 10.6 Å². The minimum absolute atomic E-state index is 0.200. The summed E-state index contributed by atoms with van der Waals surface area (Å²) >= 11 is 0. The average molecular weight is 231 g/mol. The second kappa shape index (κ2) is 4.11. The Labute approximate surface area is 101 Å². The molecule has 3 rings (SSSR count). The van der Waals surface area contributed by atoms with Gasteiger partial charge in [-0.05, 0) is 37.6 Å². The summed E-state index contributed by atoms with van der Waals surface area (Å²) in [7, 11) is 0. The van der Waals surface area contributed by atoms with Gasteiger partial charge in [-0.15, -0.1) is 0 Å². The lowest BCUT2D eigenvalue weighted by molar-refractivity contribution is -0.129. The molecule has 1 spiro atoms. The Bertz CT molecular complexity index is 412. The number of aromatic nitrogens is 1. The molecule has 2 aliphatic rings. The second-order valence-corrected chi connectivity index (χ2v) is 4.96. The number of pyridine rings is 1. The van der Waals surface area contributed by atoms with Gasteiger partial charge in [0.2, 0.25) is 5.91 Å². The third kappa shape index (κ3) is 1.63. The molecule has 1 amide bonds. The van der Waals surface area contributed by atoms with Crippen molar-refractivity contribution >= 4 is 5.91 Å². The van der Waals surface area contributed by atoms with E-state index in [1.54, 1.807) is 6.20 Å². The van der Waals surface area contributed by atoms with E-state index < -0.39 is 0 Å². The van der Waals surface area contributed by atoms with E-state index in [1.807, 2.05) is 12.3 Å². The van der Waals surface area contributed by atoms with Crippen LogP contribution in [0, 0.1) is 5.41 Å². The van der Waals surface area contributed by atoms with Crippen molar-refractivity contribution in [3.05, 3.63) is 30.1 Å². The normalized spacial score (nSPS) is 27.1. The number of hydrogen-bond acceptors (Lipinski definition) is 3. The lowest BCUT2D eigenvalue weighted by atomic mass is 9.68. The summed E-state index contributed by atoms with van der Waals surface area (Å²) in [5.74, 6) is 0.513. The van der Waals surface area contributed by atoms with Crippen LogP contribution >= 0.6 is 0 Å². The molecule has 90 valence electrons. The van der Waals surface area contributed by atoms with Crippen molar-refractivity contribution in [3.8, 4) is 0 Å². The maximum atomic E-state index is 12.2. The zero-order chi connectivity index (χ0) is 11.7. The predicted octanol–water partition coefficient (Wildman–Crippen LogP) is 0.665. The summed E-state index contributed by atoms with van der Waals surface area (Å²) in [6.45, 7) is 2.62. The minimum atomic E-state index is -0.200. The fourth-order valence-corrected chi connectivity index (χ4v) is 3.19. The molecular weight excluding hydrogens is 214 g/mol. The van der Waals surface area contributed by atoms with E-state index in [9.17, 15) is 4.79 Å². The van der Waals surface area contributed by atoms with Gasteiger partial charge in [-0.25, -0.2) is 0 Å². The monoisotopic (exact) mass is 231 g/mol. The van der Waals surface area contributed by atoms with Gasteiger partial charge in [-0.3, -0.25) is 9.78 Å². The lowest BCUT2D eigenvalue weighted by Gasteiger charge is -2.36. The number of hydrogen-bond donors (Lipinski definition) is 2. The van der Waals surface area contributed by atoms with Gasteiger partial charge in [-0.2, -0.15) is 0 Å². The number of carbonyl (C=O) groups is 1. The summed E-state index contributed by atoms with van der Waals surface area (Å²) in [5, 5.41) is 6.37. The number of amides is 1. The molecule has 3 heterocycles. The van der Waals surface area contributed by atoms with Crippen LogP contribution in [0.1, 0.15) is 24.3 Å². The van der Waals surface area contributed by atoms with E-state index in [0.717, 1.165) is 32.5 Å². The van der Waals surface area contributed by atoms with Crippen LogP contribution in [0.2, 0.25) is 0 Å². The van der Waals surface area contributed by atoms with Crippen molar-refractivity contribution < 1.29 is 4.79 Å². The Morgan fingerprint density at radius 3 is 2.88 bits per heavy atom. The molecule has 2 fully saturated rings. The summed E-state index contributed by atoms with van der Waals surface area (Å²) < 4.78 is 0. The highest BCUT2D eigenvalue weighted by atomic mass is 16.2. The zero-order valence-corrected chi connectivity index (χ0v) is 9.78. The van der Waals surface area contributed by atoms with Crippen LogP contribution in [0.25, 0.3) is 0 Å². The van der Waals surface area contributed by atoms with Gasteiger partial charge in [0, 0.05) is 24.9 Å². The van der Waals surface area contributed by atoms with Crippen molar-refractivity contribution in [1.82, 2.24) is 15.6 Å². The molecule has 2 aliphatic heterocycles. The first kappa shape index (κ1) is 10.7. The van der Waals surface area contributed by atoms with Crippen molar-refractivity contribution in [2.45, 2.75) is 18.8 Å². The van der Waals surface area contributed by atoms with Gasteiger partial charge in [0.1, 0.15) is 0 Å². The molecule has 4 nitrogen and oxygen atoms in total. The van der Waals surface area contributed by atoms with Crippen molar-refractivity contribution in [2.24, 2.45) is 5.41 Å². The molecular formula is C13H17N3O. The molecule has 1 atom stereocenters. The van der Waals surface area contributed by atoms with Gasteiger partial charge >= 0.3 is 0 Å². The molecule has 1 aromatic rings. The molecule has 0 radical (unpaired) electrons. The number of rotatable bonds is 1. The summed E-state index contributed by atoms with van der Waals surface area (Å²) in [5.41, 5.74) is 0.988. The number of piperidine rings is 1. The van der Waals surface area contributed by atoms with Crippen LogP contribution in [-0.2, 0) is 4.79 Å². The third-order valence-electron chi connectivity index (χ3n) is 4.17. The average Bonchev–Trinajstić information content (AvgIpc) is 2.69. The Morgan fingerprint density at radius 1 is 1.35 bits per heavy atom. The van der Waals surface area contributed by atoms with Crippen LogP contribution < -0.4 is 10.6 Å². The quantitative estimate of drug-likeness (QED) is 0.746. The number of carbonyl (C=O) groups excluding carboxylic acids is 1. The molecule has 4 heteroatoms. The van der Waals surface area contributed by atoms with Gasteiger partial charge in [0.15, 0.2) is 0 Å². The van der Waals surface area contributed by atoms with Crippen LogP contribution in [0.3, 0.4) is 0 Å². The van der Waals surface area contributed by atoms with Crippen LogP contribution in [0.4, 0.5) is 0 Å². The largest absolute Gasteiger partial charge is 0.355 e. The SMILES string of the molecule is O=C1NC[C@H](c2cccnc2)C12CCNCC2. The molecule has 0 aromatic carbocycles. The zero-order valence-electron chi connectivity index (χ0n) is 9.78. The molecule has 17 heavy (non-hydrogen) atoms. The fraction of sp³-hybridized carbons (Fsp3) is 0.538. The van der Waals surface area contributed by atoms with Gasteiger partial charge in [0.05, 0.1) is 5.41 Å². The first-order valence-electron chi connectivity index (χ1n) is 6.22. The standard InChI is InChI=1S/C13H17N3O/c17-12-13(3-6-14-7-4-13)11(9-16-12)10-2-1-5-15-8-10/h1-2,5,8,11,14H,3-4,6-7,9H2,(H,16,17)/t11-/m1/s1. The van der Waals surface area contributed by atoms with Crippen LogP contribution in [0.5, 0.6) is 0 Å². The lowest BCUT2D eigenvalue weighted by Crippen LogP contribution is -2.44. The predicted molar refractivity (Wildman–Crippen MR) is 64.5 cm³/mol. The molecule has 2 saturated heterocycles. The van der Waals surface area contributed by atoms with E-state index in [4.69, 9.17) is 0 Å². The molecule has 2 N–H and O–H groups in total. The maximum absolute atomic E-state index is 12.2. The summed E-state index contributed by atoms with van der Waals surface area (Å²) in [4.78, 5) is 16.4. The van der Waals surface area contributed by atoms with Gasteiger partial charge in [0.25, 0.3) is 0 Å². The fourth-order valence-electron chi connectivity index (χ4n) is 3.19. The molecule has 0 bridgehead atoms. The van der Waals surface area contributed by atoms with Crippen LogP contribution in [-0.4, -0.2) is 30.5 Å². The van der Waals surface area contributed by atoms with Crippen LogP contribution in [0.15, 0.2) is 24.5 Å². The Hall–Kier alpha value is -1.42. The topological polar surface area (TPSA) is 54.0 Å². The highest BCUT2D eigenvalue weighted by molar-refractivity contribution is 5.86. The van der Waals surface area contributed by atoms with Gasteiger partial charge in [-0.1, -0.05) is 6.07 Å². The first-order valence-corrected chi connectivity index (χ1v) is 6.22. The van der Waals surface area contributed by atoms with Crippen molar-refractivity contribution in [3.63, 3.8) is 0 Å².